The van der Waals surface area contributed by atoms with Gasteiger partial charge in [0.25, 0.3) is 0 Å². The summed E-state index contributed by atoms with van der Waals surface area (Å²) in [4.78, 5) is 4.12. The number of nitrogens with zero attached hydrogens (tertiary/aromatic N) is 1. The lowest BCUT2D eigenvalue weighted by atomic mass is 10.1. The van der Waals surface area contributed by atoms with Crippen LogP contribution in [0.5, 0.6) is 5.75 Å². The highest BCUT2D eigenvalue weighted by Gasteiger charge is 2.09. The molecular formula is C13H19ClFN3O. The van der Waals surface area contributed by atoms with Gasteiger partial charge in [0.1, 0.15) is 18.2 Å². The molecule has 0 spiro atoms. The van der Waals surface area contributed by atoms with Gasteiger partial charge < -0.3 is 15.8 Å². The lowest BCUT2D eigenvalue weighted by Crippen LogP contribution is -2.45. The van der Waals surface area contributed by atoms with Crippen molar-refractivity contribution < 1.29 is 9.13 Å². The molecule has 0 radical (unpaired) electrons. The van der Waals surface area contributed by atoms with E-state index in [1.807, 2.05) is 20.8 Å². The molecule has 0 aliphatic rings. The molecule has 0 amide bonds. The Bertz CT molecular complexity index is 458. The first-order valence-electron chi connectivity index (χ1n) is 5.94. The summed E-state index contributed by atoms with van der Waals surface area (Å²) in [5.74, 6) is 0.405. The zero-order chi connectivity index (χ0) is 14.5. The van der Waals surface area contributed by atoms with E-state index >= 15 is 0 Å². The Kier molecular flexibility index (Phi) is 5.42. The maximum absolute atomic E-state index is 12.9. The molecule has 3 N–H and O–H groups in total. The van der Waals surface area contributed by atoms with Crippen molar-refractivity contribution in [2.75, 3.05) is 13.2 Å². The van der Waals surface area contributed by atoms with E-state index in [0.29, 0.717) is 24.9 Å². The predicted octanol–water partition coefficient (Wildman–Crippen LogP) is 2.56. The number of hydrogen-bond donors (Lipinski definition) is 2. The number of rotatable bonds is 4. The van der Waals surface area contributed by atoms with E-state index in [2.05, 4.69) is 10.3 Å². The number of nitrogens with one attached hydrogen (secondary N) is 1. The fourth-order valence-electron chi connectivity index (χ4n) is 1.32. The van der Waals surface area contributed by atoms with Crippen LogP contribution in [0.4, 0.5) is 4.39 Å². The van der Waals surface area contributed by atoms with Crippen LogP contribution in [-0.2, 0) is 0 Å². The largest absolute Gasteiger partial charge is 0.492 e. The minimum absolute atomic E-state index is 0.0370. The average molecular weight is 288 g/mol. The second-order valence-corrected chi connectivity index (χ2v) is 5.47. The fourth-order valence-corrected chi connectivity index (χ4v) is 1.49. The Morgan fingerprint density at radius 2 is 2.16 bits per heavy atom. The van der Waals surface area contributed by atoms with E-state index in [1.54, 1.807) is 0 Å². The summed E-state index contributed by atoms with van der Waals surface area (Å²) in [7, 11) is 0. The van der Waals surface area contributed by atoms with E-state index in [4.69, 9.17) is 22.1 Å². The predicted molar refractivity (Wildman–Crippen MR) is 76.3 cm³/mol. The molecule has 1 aromatic rings. The van der Waals surface area contributed by atoms with Crippen molar-refractivity contribution in [1.29, 1.82) is 0 Å². The lowest BCUT2D eigenvalue weighted by molar-refractivity contribution is 0.328. The van der Waals surface area contributed by atoms with Crippen LogP contribution in [-0.4, -0.2) is 24.7 Å². The normalized spacial score (nSPS) is 12.4. The third-order valence-electron chi connectivity index (χ3n) is 2.04. The maximum Gasteiger partial charge on any atom is 0.189 e. The van der Waals surface area contributed by atoms with Crippen LogP contribution >= 0.6 is 11.6 Å². The first-order chi connectivity index (χ1) is 8.78. The second-order valence-electron chi connectivity index (χ2n) is 5.07. The first kappa shape index (κ1) is 15.6. The lowest BCUT2D eigenvalue weighted by Gasteiger charge is -2.20. The van der Waals surface area contributed by atoms with Crippen LogP contribution < -0.4 is 15.8 Å². The molecule has 0 fully saturated rings. The minimum Gasteiger partial charge on any atom is -0.492 e. The Hall–Kier alpha value is -1.49. The van der Waals surface area contributed by atoms with Gasteiger partial charge in [-0.1, -0.05) is 11.6 Å². The van der Waals surface area contributed by atoms with Crippen LogP contribution in [0.2, 0.25) is 5.02 Å². The molecule has 0 saturated heterocycles. The summed E-state index contributed by atoms with van der Waals surface area (Å²) in [5.41, 5.74) is 5.57. The number of hydrogen-bond acceptors (Lipinski definition) is 2. The van der Waals surface area contributed by atoms with E-state index in [0.717, 1.165) is 0 Å². The van der Waals surface area contributed by atoms with Crippen molar-refractivity contribution in [2.45, 2.75) is 26.3 Å². The standard InChI is InChI=1S/C13H19ClFN3O/c1-13(2,3)18-12(16)17-6-7-19-9-4-5-11(15)10(14)8-9/h4-5,8H,6-7H2,1-3H3,(H3,16,17,18). The molecule has 4 nitrogen and oxygen atoms in total. The Balaban J connectivity index is 2.38. The van der Waals surface area contributed by atoms with E-state index in [-0.39, 0.29) is 10.6 Å². The van der Waals surface area contributed by atoms with Crippen molar-refractivity contribution in [3.05, 3.63) is 29.0 Å². The van der Waals surface area contributed by atoms with Gasteiger partial charge in [0.15, 0.2) is 5.96 Å². The quantitative estimate of drug-likeness (QED) is 0.508. The van der Waals surface area contributed by atoms with Crippen LogP contribution in [0.1, 0.15) is 20.8 Å². The highest BCUT2D eigenvalue weighted by molar-refractivity contribution is 6.30. The molecule has 19 heavy (non-hydrogen) atoms. The summed E-state index contributed by atoms with van der Waals surface area (Å²) < 4.78 is 18.3. The molecule has 0 bridgehead atoms. The van der Waals surface area contributed by atoms with Gasteiger partial charge in [0.05, 0.1) is 11.6 Å². The molecule has 1 rings (SSSR count). The number of benzene rings is 1. The van der Waals surface area contributed by atoms with Crippen LogP contribution in [0.15, 0.2) is 23.2 Å². The SMILES string of the molecule is CC(C)(C)NC(N)=NCCOc1ccc(F)c(Cl)c1. The molecule has 0 unspecified atom stereocenters. The molecule has 106 valence electrons. The van der Waals surface area contributed by atoms with Crippen LogP contribution in [0.3, 0.4) is 0 Å². The molecule has 0 heterocycles. The monoisotopic (exact) mass is 287 g/mol. The molecular weight excluding hydrogens is 269 g/mol. The van der Waals surface area contributed by atoms with Gasteiger partial charge in [0.2, 0.25) is 0 Å². The van der Waals surface area contributed by atoms with E-state index in [9.17, 15) is 4.39 Å². The summed E-state index contributed by atoms with van der Waals surface area (Å²) in [5, 5.41) is 3.07. The van der Waals surface area contributed by atoms with Gasteiger partial charge in [-0.05, 0) is 32.9 Å². The van der Waals surface area contributed by atoms with Crippen LogP contribution in [0.25, 0.3) is 0 Å². The summed E-state index contributed by atoms with van der Waals surface area (Å²) in [6, 6.07) is 4.20. The zero-order valence-corrected chi connectivity index (χ0v) is 12.1. The smallest absolute Gasteiger partial charge is 0.189 e. The molecule has 0 aliphatic carbocycles. The molecule has 6 heteroatoms. The highest BCUT2D eigenvalue weighted by Crippen LogP contribution is 2.20. The van der Waals surface area contributed by atoms with Crippen molar-refractivity contribution in [1.82, 2.24) is 5.32 Å². The van der Waals surface area contributed by atoms with Gasteiger partial charge in [-0.2, -0.15) is 0 Å². The van der Waals surface area contributed by atoms with Gasteiger partial charge in [-0.15, -0.1) is 0 Å². The molecule has 0 aromatic heterocycles. The summed E-state index contributed by atoms with van der Waals surface area (Å²) >= 11 is 5.64. The number of aliphatic imine (C=N–C) groups is 1. The molecule has 1 aromatic carbocycles. The van der Waals surface area contributed by atoms with Crippen LogP contribution in [0, 0.1) is 5.82 Å². The van der Waals surface area contributed by atoms with Gasteiger partial charge in [-0.3, -0.25) is 0 Å². The fraction of sp³-hybridized carbons (Fsp3) is 0.462. The third kappa shape index (κ3) is 6.29. The Labute approximate surface area is 117 Å². The van der Waals surface area contributed by atoms with E-state index in [1.165, 1.54) is 18.2 Å². The first-order valence-corrected chi connectivity index (χ1v) is 6.32. The van der Waals surface area contributed by atoms with Crippen molar-refractivity contribution in [2.24, 2.45) is 10.7 Å². The Morgan fingerprint density at radius 1 is 1.47 bits per heavy atom. The van der Waals surface area contributed by atoms with Crippen molar-refractivity contribution >= 4 is 17.6 Å². The number of ether oxygens (including phenoxy) is 1. The Morgan fingerprint density at radius 3 is 2.74 bits per heavy atom. The highest BCUT2D eigenvalue weighted by atomic mass is 35.5. The number of guanidine groups is 1. The summed E-state index contributed by atoms with van der Waals surface area (Å²) in [6.45, 7) is 6.73. The van der Waals surface area contributed by atoms with Gasteiger partial charge in [0, 0.05) is 11.6 Å². The second kappa shape index (κ2) is 6.61. The third-order valence-corrected chi connectivity index (χ3v) is 2.33. The number of halogens is 2. The van der Waals surface area contributed by atoms with Gasteiger partial charge in [-0.25, -0.2) is 9.38 Å². The minimum atomic E-state index is -0.467. The van der Waals surface area contributed by atoms with Gasteiger partial charge >= 0.3 is 0 Å². The van der Waals surface area contributed by atoms with Crippen molar-refractivity contribution in [3.63, 3.8) is 0 Å². The van der Waals surface area contributed by atoms with Crippen molar-refractivity contribution in [3.8, 4) is 5.75 Å². The number of nitrogens with two attached hydrogens (primary N) is 1. The zero-order valence-electron chi connectivity index (χ0n) is 11.3. The molecule has 0 atom stereocenters. The molecule has 0 aliphatic heterocycles. The molecule has 0 saturated carbocycles. The summed E-state index contributed by atoms with van der Waals surface area (Å²) in [6.07, 6.45) is 0. The maximum atomic E-state index is 12.9. The van der Waals surface area contributed by atoms with E-state index < -0.39 is 5.82 Å². The average Bonchev–Trinajstić information content (AvgIpc) is 2.27. The topological polar surface area (TPSA) is 59.6 Å².